The first kappa shape index (κ1) is 15.5. The average Bonchev–Trinajstić information content (AvgIpc) is 3.19. The molecule has 5 N–H and O–H groups in total. The number of nitrogens with zero attached hydrogens (tertiary/aromatic N) is 5. The molecule has 24 heavy (non-hydrogen) atoms. The van der Waals surface area contributed by atoms with Crippen LogP contribution in [0, 0.1) is 0 Å². The lowest BCUT2D eigenvalue weighted by atomic mass is 10.2. The number of anilines is 2. The molecule has 10 nitrogen and oxygen atoms in total. The highest BCUT2D eigenvalue weighted by molar-refractivity contribution is 5.95. The molecule has 124 valence electrons. The number of carbonyl (C=O) groups is 1. The minimum Gasteiger partial charge on any atom is -0.480 e. The molecular formula is C14H15N7O3. The Morgan fingerprint density at radius 3 is 2.92 bits per heavy atom. The van der Waals surface area contributed by atoms with Crippen LogP contribution in [0.3, 0.4) is 0 Å². The Kier molecular flexibility index (Phi) is 3.86. The highest BCUT2D eigenvalue weighted by Gasteiger charge is 2.18. The number of carboxylic acid groups (broad SMARTS) is 1. The zero-order valence-corrected chi connectivity index (χ0v) is 12.7. The van der Waals surface area contributed by atoms with Crippen molar-refractivity contribution in [1.82, 2.24) is 19.6 Å². The van der Waals surface area contributed by atoms with Gasteiger partial charge in [0.15, 0.2) is 11.4 Å². The van der Waals surface area contributed by atoms with Crippen LogP contribution in [0.4, 0.5) is 11.8 Å². The summed E-state index contributed by atoms with van der Waals surface area (Å²) in [5, 5.41) is 13.3. The number of aliphatic carboxylic acids is 1. The van der Waals surface area contributed by atoms with Crippen molar-refractivity contribution in [1.29, 1.82) is 0 Å². The first-order valence-electron chi connectivity index (χ1n) is 7.12. The van der Waals surface area contributed by atoms with Crippen molar-refractivity contribution in [2.24, 2.45) is 4.99 Å². The number of aliphatic imine (C=N–C) groups is 1. The van der Waals surface area contributed by atoms with Gasteiger partial charge in [0.05, 0.1) is 11.8 Å². The van der Waals surface area contributed by atoms with E-state index >= 15 is 0 Å². The van der Waals surface area contributed by atoms with E-state index in [0.717, 1.165) is 0 Å². The third-order valence-corrected chi connectivity index (χ3v) is 3.37. The van der Waals surface area contributed by atoms with Crippen LogP contribution in [0.15, 0.2) is 27.8 Å². The molecule has 0 spiro atoms. The standard InChI is InChI=1S/C14H15N7O3/c1-2-8(13(22)23)17-6-7-10(15)18-14(16)21-12(7)19-11(20-21)9-4-3-5-24-9/h3-6,8H,2,15H2,1H3,(H2,16,18)(H,22,23). The highest BCUT2D eigenvalue weighted by atomic mass is 16.4. The number of rotatable bonds is 5. The van der Waals surface area contributed by atoms with Crippen molar-refractivity contribution < 1.29 is 14.3 Å². The van der Waals surface area contributed by atoms with Gasteiger partial charge in [0.2, 0.25) is 11.8 Å². The van der Waals surface area contributed by atoms with E-state index in [-0.39, 0.29) is 11.8 Å². The van der Waals surface area contributed by atoms with Crippen LogP contribution in [0.5, 0.6) is 0 Å². The van der Waals surface area contributed by atoms with Crippen molar-refractivity contribution in [3.05, 3.63) is 24.0 Å². The molecule has 1 unspecified atom stereocenters. The third kappa shape index (κ3) is 2.64. The zero-order chi connectivity index (χ0) is 17.3. The quantitative estimate of drug-likeness (QED) is 0.580. The van der Waals surface area contributed by atoms with E-state index in [4.69, 9.17) is 21.0 Å². The summed E-state index contributed by atoms with van der Waals surface area (Å²) in [5.74, 6) is -0.127. The number of hydrogen-bond donors (Lipinski definition) is 3. The summed E-state index contributed by atoms with van der Waals surface area (Å²) in [4.78, 5) is 23.5. The minimum atomic E-state index is -1.02. The number of furan rings is 1. The molecule has 3 aromatic heterocycles. The van der Waals surface area contributed by atoms with Gasteiger partial charge < -0.3 is 21.0 Å². The van der Waals surface area contributed by atoms with Gasteiger partial charge in [0, 0.05) is 6.21 Å². The Bertz CT molecular complexity index is 914. The summed E-state index contributed by atoms with van der Waals surface area (Å²) in [5.41, 5.74) is 12.4. The molecule has 1 atom stereocenters. The molecule has 0 aromatic carbocycles. The van der Waals surface area contributed by atoms with E-state index in [0.29, 0.717) is 29.2 Å². The van der Waals surface area contributed by atoms with Gasteiger partial charge in [-0.3, -0.25) is 4.99 Å². The Morgan fingerprint density at radius 2 is 2.29 bits per heavy atom. The number of carboxylic acids is 1. The van der Waals surface area contributed by atoms with Crippen LogP contribution in [-0.4, -0.2) is 42.9 Å². The molecule has 0 aliphatic heterocycles. The van der Waals surface area contributed by atoms with Gasteiger partial charge in [0.1, 0.15) is 11.9 Å². The lowest BCUT2D eigenvalue weighted by molar-refractivity contribution is -0.138. The van der Waals surface area contributed by atoms with Gasteiger partial charge in [-0.2, -0.15) is 9.50 Å². The Morgan fingerprint density at radius 1 is 1.50 bits per heavy atom. The van der Waals surface area contributed by atoms with Crippen LogP contribution in [0.25, 0.3) is 17.2 Å². The predicted octanol–water partition coefficient (Wildman–Crippen LogP) is 0.831. The Hall–Kier alpha value is -3.43. The second-order valence-electron chi connectivity index (χ2n) is 4.96. The lowest BCUT2D eigenvalue weighted by Gasteiger charge is -2.05. The summed E-state index contributed by atoms with van der Waals surface area (Å²) in [6.45, 7) is 1.72. The van der Waals surface area contributed by atoms with E-state index in [1.54, 1.807) is 19.1 Å². The van der Waals surface area contributed by atoms with Crippen LogP contribution in [-0.2, 0) is 4.79 Å². The van der Waals surface area contributed by atoms with Gasteiger partial charge in [-0.15, -0.1) is 5.10 Å². The fourth-order valence-corrected chi connectivity index (χ4v) is 2.13. The first-order chi connectivity index (χ1) is 11.5. The van der Waals surface area contributed by atoms with E-state index in [1.165, 1.54) is 17.0 Å². The van der Waals surface area contributed by atoms with Crippen molar-refractivity contribution >= 4 is 29.6 Å². The molecule has 0 radical (unpaired) electrons. The Labute approximate surface area is 135 Å². The van der Waals surface area contributed by atoms with Gasteiger partial charge >= 0.3 is 5.97 Å². The SMILES string of the molecule is CCC(N=Cc1c(N)nc(N)n2nc(-c3ccco3)nc12)C(=O)O. The van der Waals surface area contributed by atoms with Crippen LogP contribution in [0.2, 0.25) is 0 Å². The molecule has 3 aromatic rings. The monoisotopic (exact) mass is 329 g/mol. The van der Waals surface area contributed by atoms with Crippen LogP contribution in [0.1, 0.15) is 18.9 Å². The van der Waals surface area contributed by atoms with E-state index in [2.05, 4.69) is 20.1 Å². The summed E-state index contributed by atoms with van der Waals surface area (Å²) < 4.78 is 6.57. The molecule has 0 saturated carbocycles. The van der Waals surface area contributed by atoms with Gasteiger partial charge in [-0.05, 0) is 18.6 Å². The largest absolute Gasteiger partial charge is 0.480 e. The molecule has 0 saturated heterocycles. The van der Waals surface area contributed by atoms with Gasteiger partial charge in [-0.1, -0.05) is 6.92 Å². The highest BCUT2D eigenvalue weighted by Crippen LogP contribution is 2.21. The molecule has 0 aliphatic carbocycles. The third-order valence-electron chi connectivity index (χ3n) is 3.37. The second kappa shape index (κ2) is 5.99. The fraction of sp³-hybridized carbons (Fsp3) is 0.214. The molecular weight excluding hydrogens is 314 g/mol. The van der Waals surface area contributed by atoms with E-state index < -0.39 is 12.0 Å². The van der Waals surface area contributed by atoms with Gasteiger partial charge in [-0.25, -0.2) is 9.78 Å². The number of aromatic nitrogens is 4. The number of hydrogen-bond acceptors (Lipinski definition) is 8. The van der Waals surface area contributed by atoms with Crippen LogP contribution < -0.4 is 11.5 Å². The summed E-state index contributed by atoms with van der Waals surface area (Å²) >= 11 is 0. The van der Waals surface area contributed by atoms with Crippen molar-refractivity contribution in [3.8, 4) is 11.6 Å². The van der Waals surface area contributed by atoms with E-state index in [9.17, 15) is 4.79 Å². The Balaban J connectivity index is 2.13. The summed E-state index contributed by atoms with van der Waals surface area (Å²) in [6, 6.07) is 2.53. The lowest BCUT2D eigenvalue weighted by Crippen LogP contribution is -2.17. The van der Waals surface area contributed by atoms with Crippen LogP contribution >= 0.6 is 0 Å². The van der Waals surface area contributed by atoms with Crippen molar-refractivity contribution in [2.75, 3.05) is 11.5 Å². The van der Waals surface area contributed by atoms with Gasteiger partial charge in [0.25, 0.3) is 0 Å². The fourth-order valence-electron chi connectivity index (χ4n) is 2.13. The van der Waals surface area contributed by atoms with Crippen molar-refractivity contribution in [2.45, 2.75) is 19.4 Å². The predicted molar refractivity (Wildman–Crippen MR) is 86.6 cm³/mol. The zero-order valence-electron chi connectivity index (χ0n) is 12.7. The smallest absolute Gasteiger partial charge is 0.328 e. The molecule has 3 rings (SSSR count). The molecule has 0 amide bonds. The number of fused-ring (bicyclic) bond motifs is 1. The molecule has 0 bridgehead atoms. The maximum atomic E-state index is 11.1. The average molecular weight is 329 g/mol. The number of nitrogens with two attached hydrogens (primary N) is 2. The molecule has 3 heterocycles. The molecule has 0 fully saturated rings. The van der Waals surface area contributed by atoms with Crippen molar-refractivity contribution in [3.63, 3.8) is 0 Å². The first-order valence-corrected chi connectivity index (χ1v) is 7.12. The number of nitrogen functional groups attached to an aromatic ring is 2. The summed E-state index contributed by atoms with van der Waals surface area (Å²) in [7, 11) is 0. The summed E-state index contributed by atoms with van der Waals surface area (Å²) in [6.07, 6.45) is 3.17. The molecule has 0 aliphatic rings. The maximum absolute atomic E-state index is 11.1. The normalized spacial score (nSPS) is 12.9. The minimum absolute atomic E-state index is 0.0511. The topological polar surface area (TPSA) is 158 Å². The molecule has 10 heteroatoms. The van der Waals surface area contributed by atoms with E-state index in [1.807, 2.05) is 0 Å². The maximum Gasteiger partial charge on any atom is 0.328 e. The second-order valence-corrected chi connectivity index (χ2v) is 4.96.